The fraction of sp³-hybridized carbons (Fsp3) is 0.321. The number of anilines is 1. The highest BCUT2D eigenvalue weighted by molar-refractivity contribution is 6.31. The van der Waals surface area contributed by atoms with E-state index >= 15 is 0 Å². The van der Waals surface area contributed by atoms with Gasteiger partial charge >= 0.3 is 5.69 Å². The van der Waals surface area contributed by atoms with Crippen LogP contribution >= 0.6 is 11.6 Å². The summed E-state index contributed by atoms with van der Waals surface area (Å²) >= 11 is 6.34. The highest BCUT2D eigenvalue weighted by Gasteiger charge is 2.25. The van der Waals surface area contributed by atoms with Crippen molar-refractivity contribution in [3.63, 3.8) is 0 Å². The first-order valence-corrected chi connectivity index (χ1v) is 13.0. The first-order valence-electron chi connectivity index (χ1n) is 12.7. The fourth-order valence-electron chi connectivity index (χ4n) is 4.77. The van der Waals surface area contributed by atoms with Gasteiger partial charge in [-0.15, -0.1) is 0 Å². The van der Waals surface area contributed by atoms with Crippen molar-refractivity contribution in [3.05, 3.63) is 69.4 Å². The van der Waals surface area contributed by atoms with E-state index < -0.39 is 0 Å². The third-order valence-corrected chi connectivity index (χ3v) is 6.68. The van der Waals surface area contributed by atoms with Crippen molar-refractivity contribution in [1.29, 1.82) is 5.26 Å². The molecule has 0 unspecified atom stereocenters. The van der Waals surface area contributed by atoms with E-state index in [9.17, 15) is 10.1 Å². The molecule has 0 aliphatic rings. The Morgan fingerprint density at radius 1 is 1.21 bits per heavy atom. The summed E-state index contributed by atoms with van der Waals surface area (Å²) < 4.78 is 5.45. The molecule has 4 heterocycles. The molecule has 0 aliphatic carbocycles. The van der Waals surface area contributed by atoms with Crippen molar-refractivity contribution in [2.24, 2.45) is 13.0 Å². The van der Waals surface area contributed by atoms with Crippen molar-refractivity contribution < 1.29 is 0 Å². The van der Waals surface area contributed by atoms with Gasteiger partial charge in [-0.3, -0.25) is 14.2 Å². The maximum absolute atomic E-state index is 13.2. The van der Waals surface area contributed by atoms with Gasteiger partial charge in [0.1, 0.15) is 11.9 Å². The molecule has 0 amide bonds. The Balaban J connectivity index is 1.84. The molecule has 10 heteroatoms. The average Bonchev–Trinajstić information content (AvgIpc) is 3.44. The highest BCUT2D eigenvalue weighted by atomic mass is 35.5. The van der Waals surface area contributed by atoms with E-state index in [0.717, 1.165) is 39.7 Å². The quantitative estimate of drug-likeness (QED) is 0.297. The summed E-state index contributed by atoms with van der Waals surface area (Å²) in [6.45, 7) is 7.72. The van der Waals surface area contributed by atoms with E-state index in [1.807, 2.05) is 46.6 Å². The molecule has 0 aliphatic heterocycles. The molecule has 0 saturated heterocycles. The number of pyridine rings is 1. The Bertz CT molecular complexity index is 1760. The Kier molecular flexibility index (Phi) is 6.91. The van der Waals surface area contributed by atoms with Gasteiger partial charge in [-0.05, 0) is 48.2 Å². The van der Waals surface area contributed by atoms with E-state index in [4.69, 9.17) is 16.7 Å². The fourth-order valence-corrected chi connectivity index (χ4v) is 4.94. The normalized spacial score (nSPS) is 11.5. The molecule has 0 spiro atoms. The maximum atomic E-state index is 13.2. The Hall–Kier alpha value is -4.16. The summed E-state index contributed by atoms with van der Waals surface area (Å²) in [6, 6.07) is 11.7. The monoisotopic (exact) mass is 528 g/mol. The Labute approximate surface area is 225 Å². The van der Waals surface area contributed by atoms with Gasteiger partial charge in [0.15, 0.2) is 5.65 Å². The minimum atomic E-state index is -0.341. The molecule has 5 rings (SSSR count). The summed E-state index contributed by atoms with van der Waals surface area (Å²) in [5, 5.41) is 20.3. The predicted octanol–water partition coefficient (Wildman–Crippen LogP) is 5.20. The third kappa shape index (κ3) is 4.63. The van der Waals surface area contributed by atoms with E-state index in [1.54, 1.807) is 17.0 Å². The van der Waals surface area contributed by atoms with E-state index in [0.29, 0.717) is 41.7 Å². The smallest absolute Gasteiger partial charge is 0.351 e. The Morgan fingerprint density at radius 2 is 2.03 bits per heavy atom. The number of nitriles is 1. The summed E-state index contributed by atoms with van der Waals surface area (Å²) in [5.74, 6) is 0.711. The molecule has 0 bridgehead atoms. The number of hydrogen-bond acceptors (Lipinski definition) is 6. The van der Waals surface area contributed by atoms with Crippen LogP contribution in [0.4, 0.5) is 5.82 Å². The third-order valence-electron chi connectivity index (χ3n) is 6.45. The number of rotatable bonds is 8. The van der Waals surface area contributed by atoms with Crippen LogP contribution in [0.15, 0.2) is 47.5 Å². The van der Waals surface area contributed by atoms with Crippen LogP contribution < -0.4 is 11.0 Å². The zero-order valence-electron chi connectivity index (χ0n) is 21.9. The van der Waals surface area contributed by atoms with E-state index in [2.05, 4.69) is 42.1 Å². The highest BCUT2D eigenvalue weighted by Crippen LogP contribution is 2.35. The van der Waals surface area contributed by atoms with Gasteiger partial charge in [-0.25, -0.2) is 4.79 Å². The minimum Gasteiger partial charge on any atom is -0.369 e. The largest absolute Gasteiger partial charge is 0.369 e. The van der Waals surface area contributed by atoms with Crippen molar-refractivity contribution in [1.82, 2.24) is 28.9 Å². The van der Waals surface area contributed by atoms with Crippen LogP contribution in [-0.2, 0) is 20.1 Å². The first kappa shape index (κ1) is 25.5. The molecule has 0 atom stereocenters. The maximum Gasteiger partial charge on any atom is 0.351 e. The lowest BCUT2D eigenvalue weighted by Gasteiger charge is -2.13. The summed E-state index contributed by atoms with van der Waals surface area (Å²) in [6.07, 6.45) is 4.43. The van der Waals surface area contributed by atoms with E-state index in [-0.39, 0.29) is 11.6 Å². The lowest BCUT2D eigenvalue weighted by molar-refractivity contribution is 0.511. The number of hydrogen-bond donors (Lipinski definition) is 1. The van der Waals surface area contributed by atoms with Crippen LogP contribution in [0.2, 0.25) is 5.02 Å². The lowest BCUT2D eigenvalue weighted by Crippen LogP contribution is -2.27. The zero-order valence-corrected chi connectivity index (χ0v) is 22.6. The molecular formula is C28H29ClN8O. The van der Waals surface area contributed by atoms with Crippen LogP contribution in [-0.4, -0.2) is 35.4 Å². The van der Waals surface area contributed by atoms with Gasteiger partial charge in [0, 0.05) is 42.9 Å². The molecule has 4 aromatic heterocycles. The van der Waals surface area contributed by atoms with Crippen LogP contribution in [0.1, 0.15) is 38.3 Å². The molecule has 1 aromatic carbocycles. The number of aromatic nitrogens is 6. The van der Waals surface area contributed by atoms with Crippen LogP contribution in [0.25, 0.3) is 33.3 Å². The van der Waals surface area contributed by atoms with Gasteiger partial charge in [0.05, 0.1) is 34.4 Å². The van der Waals surface area contributed by atoms with Gasteiger partial charge in [0.25, 0.3) is 0 Å². The van der Waals surface area contributed by atoms with Crippen LogP contribution in [0, 0.1) is 17.2 Å². The standard InChI is InChI=1S/C28H29ClN8O/c1-5-9-32-26-24-25(23-11-18(13-30)15-35(23)4)37(34-27(24)36(14-17(2)3)28(38)33-26)16-19-8-10-31-22-7-6-20(29)12-21(19)22/h6-8,10-12,15,17H,5,9,14,16H2,1-4H3,(H,32,33,38). The molecule has 0 fully saturated rings. The molecule has 9 nitrogen and oxygen atoms in total. The Morgan fingerprint density at radius 3 is 2.74 bits per heavy atom. The van der Waals surface area contributed by atoms with Crippen molar-refractivity contribution in [3.8, 4) is 17.5 Å². The number of fused-ring (bicyclic) bond motifs is 2. The number of nitrogens with one attached hydrogen (secondary N) is 1. The molecule has 0 radical (unpaired) electrons. The summed E-state index contributed by atoms with van der Waals surface area (Å²) in [5.41, 5.74) is 4.15. The number of halogens is 1. The zero-order chi connectivity index (χ0) is 27.0. The number of aryl methyl sites for hydroxylation is 1. The minimum absolute atomic E-state index is 0.215. The topological polar surface area (TPSA) is 106 Å². The summed E-state index contributed by atoms with van der Waals surface area (Å²) in [4.78, 5) is 22.1. The molecule has 5 aromatic rings. The van der Waals surface area contributed by atoms with Gasteiger partial charge in [0.2, 0.25) is 0 Å². The van der Waals surface area contributed by atoms with Crippen molar-refractivity contribution in [2.75, 3.05) is 11.9 Å². The molecule has 38 heavy (non-hydrogen) atoms. The lowest BCUT2D eigenvalue weighted by atomic mass is 10.1. The summed E-state index contributed by atoms with van der Waals surface area (Å²) in [7, 11) is 1.90. The molecule has 194 valence electrons. The second-order valence-corrected chi connectivity index (χ2v) is 10.3. The van der Waals surface area contributed by atoms with Crippen LogP contribution in [0.3, 0.4) is 0 Å². The van der Waals surface area contributed by atoms with E-state index in [1.165, 1.54) is 0 Å². The average molecular weight is 529 g/mol. The SMILES string of the molecule is CCCNc1nc(=O)n(CC(C)C)c2nn(Cc3ccnc4ccc(Cl)cc34)c(-c3cc(C#N)cn3C)c12. The second-order valence-electron chi connectivity index (χ2n) is 9.85. The van der Waals surface area contributed by atoms with Gasteiger partial charge in [-0.1, -0.05) is 32.4 Å². The van der Waals surface area contributed by atoms with Gasteiger partial charge in [-0.2, -0.15) is 15.3 Å². The number of benzene rings is 1. The van der Waals surface area contributed by atoms with Gasteiger partial charge < -0.3 is 9.88 Å². The second kappa shape index (κ2) is 10.3. The van der Waals surface area contributed by atoms with Crippen molar-refractivity contribution in [2.45, 2.75) is 40.3 Å². The van der Waals surface area contributed by atoms with Crippen LogP contribution in [0.5, 0.6) is 0 Å². The first-order chi connectivity index (χ1) is 18.3. The number of nitrogens with zero attached hydrogens (tertiary/aromatic N) is 7. The molecule has 0 saturated carbocycles. The van der Waals surface area contributed by atoms with Crippen molar-refractivity contribution >= 4 is 39.4 Å². The predicted molar refractivity (Wildman–Crippen MR) is 150 cm³/mol. The molecular weight excluding hydrogens is 500 g/mol. The molecule has 1 N–H and O–H groups in total.